The van der Waals surface area contributed by atoms with Gasteiger partial charge in [0, 0.05) is 48.5 Å². The molecule has 0 bridgehead atoms. The topological polar surface area (TPSA) is 85.1 Å². The molecule has 0 saturated heterocycles. The Morgan fingerprint density at radius 3 is 2.92 bits per heavy atom. The van der Waals surface area contributed by atoms with Crippen LogP contribution >= 0.6 is 22.7 Å². The van der Waals surface area contributed by atoms with Gasteiger partial charge in [-0.25, -0.2) is 19.9 Å². The molecule has 0 unspecified atom stereocenters. The van der Waals surface area contributed by atoms with E-state index in [4.69, 9.17) is 0 Å². The minimum Gasteiger partial charge on any atom is -0.350 e. The fourth-order valence-corrected chi connectivity index (χ4v) is 3.66. The first kappa shape index (κ1) is 14.9. The lowest BCUT2D eigenvalue weighted by Crippen LogP contribution is -2.26. The largest absolute Gasteiger partial charge is 0.350 e. The molecule has 0 aliphatic carbocycles. The molecule has 1 N–H and O–H groups in total. The van der Waals surface area contributed by atoms with Crippen molar-refractivity contribution in [3.05, 3.63) is 53.0 Å². The van der Waals surface area contributed by atoms with Gasteiger partial charge in [0.1, 0.15) is 5.69 Å². The van der Waals surface area contributed by atoms with Crippen LogP contribution in [-0.2, 0) is 6.42 Å². The number of hydrogen-bond acceptors (Lipinski definition) is 7. The van der Waals surface area contributed by atoms with Crippen LogP contribution in [0.15, 0.2) is 41.6 Å². The Morgan fingerprint density at radius 2 is 2.08 bits per heavy atom. The van der Waals surface area contributed by atoms with E-state index in [0.717, 1.165) is 15.7 Å². The number of thiazole rings is 2. The SMILES string of the molecule is O=C(NCCc1csc(-c2ncccn2)n1)c1cn2ccsc2n1. The van der Waals surface area contributed by atoms with Crippen molar-refractivity contribution in [1.29, 1.82) is 0 Å². The van der Waals surface area contributed by atoms with Crippen LogP contribution < -0.4 is 5.32 Å². The first-order chi connectivity index (χ1) is 11.8. The van der Waals surface area contributed by atoms with Crippen molar-refractivity contribution >= 4 is 33.5 Å². The number of aromatic nitrogens is 5. The summed E-state index contributed by atoms with van der Waals surface area (Å²) in [6.45, 7) is 0.503. The average Bonchev–Trinajstić information content (AvgIpc) is 3.31. The summed E-state index contributed by atoms with van der Waals surface area (Å²) >= 11 is 3.00. The van der Waals surface area contributed by atoms with Crippen molar-refractivity contribution < 1.29 is 4.79 Å². The van der Waals surface area contributed by atoms with Crippen molar-refractivity contribution in [1.82, 2.24) is 29.7 Å². The van der Waals surface area contributed by atoms with Gasteiger partial charge in [0.15, 0.2) is 15.8 Å². The van der Waals surface area contributed by atoms with Crippen molar-refractivity contribution in [2.75, 3.05) is 6.54 Å². The molecule has 7 nitrogen and oxygen atoms in total. The zero-order valence-electron chi connectivity index (χ0n) is 12.4. The summed E-state index contributed by atoms with van der Waals surface area (Å²) in [6, 6.07) is 1.77. The summed E-state index contributed by atoms with van der Waals surface area (Å²) < 4.78 is 1.84. The predicted molar refractivity (Wildman–Crippen MR) is 92.2 cm³/mol. The molecular weight excluding hydrogens is 344 g/mol. The molecule has 9 heteroatoms. The summed E-state index contributed by atoms with van der Waals surface area (Å²) in [7, 11) is 0. The zero-order chi connectivity index (χ0) is 16.4. The molecule has 24 heavy (non-hydrogen) atoms. The minimum absolute atomic E-state index is 0.173. The Morgan fingerprint density at radius 1 is 1.21 bits per heavy atom. The zero-order valence-corrected chi connectivity index (χ0v) is 14.0. The predicted octanol–water partition coefficient (Wildman–Crippen LogP) is 2.28. The van der Waals surface area contributed by atoms with Crippen LogP contribution in [0.5, 0.6) is 0 Å². The van der Waals surface area contributed by atoms with E-state index in [2.05, 4.69) is 25.3 Å². The van der Waals surface area contributed by atoms with Gasteiger partial charge in [-0.1, -0.05) is 0 Å². The molecule has 0 aliphatic heterocycles. The van der Waals surface area contributed by atoms with E-state index in [-0.39, 0.29) is 5.91 Å². The van der Waals surface area contributed by atoms with Gasteiger partial charge in [-0.2, -0.15) is 0 Å². The number of rotatable bonds is 5. The Kier molecular flexibility index (Phi) is 4.01. The molecule has 0 aromatic carbocycles. The Bertz CT molecular complexity index is 946. The third kappa shape index (κ3) is 3.03. The van der Waals surface area contributed by atoms with Crippen molar-refractivity contribution in [2.24, 2.45) is 0 Å². The number of hydrogen-bond donors (Lipinski definition) is 1. The number of imidazole rings is 1. The lowest BCUT2D eigenvalue weighted by atomic mass is 10.3. The van der Waals surface area contributed by atoms with E-state index in [9.17, 15) is 4.79 Å². The molecular formula is C15H12N6OS2. The van der Waals surface area contributed by atoms with Gasteiger partial charge in [0.05, 0.1) is 5.69 Å². The summed E-state index contributed by atoms with van der Waals surface area (Å²) in [5.41, 5.74) is 1.34. The summed E-state index contributed by atoms with van der Waals surface area (Å²) in [5.74, 6) is 0.448. The van der Waals surface area contributed by atoms with E-state index in [1.807, 2.05) is 21.4 Å². The average molecular weight is 356 g/mol. The van der Waals surface area contributed by atoms with E-state index < -0.39 is 0 Å². The summed E-state index contributed by atoms with van der Waals surface area (Å²) in [4.78, 5) is 30.1. The van der Waals surface area contributed by atoms with Crippen LogP contribution in [0, 0.1) is 0 Å². The van der Waals surface area contributed by atoms with Gasteiger partial charge in [0.25, 0.3) is 5.91 Å². The van der Waals surface area contributed by atoms with Crippen LogP contribution in [0.4, 0.5) is 0 Å². The number of nitrogens with zero attached hydrogens (tertiary/aromatic N) is 5. The maximum atomic E-state index is 12.1. The highest BCUT2D eigenvalue weighted by atomic mass is 32.1. The van der Waals surface area contributed by atoms with Crippen LogP contribution in [0.3, 0.4) is 0 Å². The number of amides is 1. The Hall–Kier alpha value is -2.65. The fourth-order valence-electron chi connectivity index (χ4n) is 2.17. The van der Waals surface area contributed by atoms with Gasteiger partial charge >= 0.3 is 0 Å². The fraction of sp³-hybridized carbons (Fsp3) is 0.133. The van der Waals surface area contributed by atoms with Crippen LogP contribution in [0.25, 0.3) is 15.8 Å². The number of fused-ring (bicyclic) bond motifs is 1. The molecule has 0 saturated carbocycles. The van der Waals surface area contributed by atoms with Crippen molar-refractivity contribution in [2.45, 2.75) is 6.42 Å². The molecule has 4 heterocycles. The lowest BCUT2D eigenvalue weighted by Gasteiger charge is -2.00. The third-order valence-corrected chi connectivity index (χ3v) is 4.96. The molecule has 1 amide bonds. The van der Waals surface area contributed by atoms with Crippen molar-refractivity contribution in [3.8, 4) is 10.8 Å². The highest BCUT2D eigenvalue weighted by molar-refractivity contribution is 7.15. The molecule has 4 rings (SSSR count). The highest BCUT2D eigenvalue weighted by Crippen LogP contribution is 2.19. The van der Waals surface area contributed by atoms with E-state index in [1.54, 1.807) is 24.7 Å². The quantitative estimate of drug-likeness (QED) is 0.593. The van der Waals surface area contributed by atoms with E-state index in [0.29, 0.717) is 24.5 Å². The smallest absolute Gasteiger partial charge is 0.271 e. The van der Waals surface area contributed by atoms with Crippen LogP contribution in [0.1, 0.15) is 16.2 Å². The van der Waals surface area contributed by atoms with Crippen molar-refractivity contribution in [3.63, 3.8) is 0 Å². The Balaban J connectivity index is 1.35. The molecule has 0 fully saturated rings. The first-order valence-electron chi connectivity index (χ1n) is 7.22. The molecule has 0 aliphatic rings. The normalized spacial score (nSPS) is 11.0. The number of carbonyl (C=O) groups excluding carboxylic acids is 1. The molecule has 0 radical (unpaired) electrons. The molecule has 4 aromatic rings. The van der Waals surface area contributed by atoms with E-state index >= 15 is 0 Å². The monoisotopic (exact) mass is 356 g/mol. The summed E-state index contributed by atoms with van der Waals surface area (Å²) in [6.07, 6.45) is 7.65. The first-order valence-corrected chi connectivity index (χ1v) is 8.98. The number of carbonyl (C=O) groups is 1. The van der Waals surface area contributed by atoms with Crippen LogP contribution in [0.2, 0.25) is 0 Å². The molecule has 4 aromatic heterocycles. The standard InChI is InChI=1S/C15H12N6OS2/c22-13(11-8-21-6-7-23-15(21)20-11)18-5-2-10-9-24-14(19-10)12-16-3-1-4-17-12/h1,3-4,6-9H,2,5H2,(H,18,22). The maximum Gasteiger partial charge on any atom is 0.271 e. The van der Waals surface area contributed by atoms with Gasteiger partial charge in [-0.05, 0) is 6.07 Å². The third-order valence-electron chi connectivity index (χ3n) is 3.30. The second-order valence-corrected chi connectivity index (χ2v) is 6.67. The maximum absolute atomic E-state index is 12.1. The Labute approximate surface area is 145 Å². The number of nitrogens with one attached hydrogen (secondary N) is 1. The lowest BCUT2D eigenvalue weighted by molar-refractivity contribution is 0.0949. The summed E-state index contributed by atoms with van der Waals surface area (Å²) in [5, 5.41) is 7.55. The molecule has 0 atom stereocenters. The second kappa shape index (κ2) is 6.46. The van der Waals surface area contributed by atoms with Gasteiger partial charge in [-0.15, -0.1) is 22.7 Å². The molecule has 120 valence electrons. The van der Waals surface area contributed by atoms with Gasteiger partial charge in [-0.3, -0.25) is 9.20 Å². The highest BCUT2D eigenvalue weighted by Gasteiger charge is 2.11. The van der Waals surface area contributed by atoms with Crippen LogP contribution in [-0.4, -0.2) is 36.8 Å². The molecule has 0 spiro atoms. The van der Waals surface area contributed by atoms with Gasteiger partial charge < -0.3 is 5.32 Å². The van der Waals surface area contributed by atoms with E-state index in [1.165, 1.54) is 22.7 Å². The van der Waals surface area contributed by atoms with Gasteiger partial charge in [0.2, 0.25) is 0 Å². The second-order valence-electron chi connectivity index (χ2n) is 4.94. The minimum atomic E-state index is -0.173.